The Morgan fingerprint density at radius 2 is 1.95 bits per heavy atom. The van der Waals surface area contributed by atoms with E-state index in [1.54, 1.807) is 13.8 Å². The molecule has 0 heterocycles. The van der Waals surface area contributed by atoms with Gasteiger partial charge in [-0.05, 0) is 20.3 Å². The van der Waals surface area contributed by atoms with Gasteiger partial charge in [0.2, 0.25) is 5.91 Å². The van der Waals surface area contributed by atoms with Crippen LogP contribution >= 0.6 is 12.6 Å². The summed E-state index contributed by atoms with van der Waals surface area (Å²) in [5, 5.41) is 11.0. The van der Waals surface area contributed by atoms with Crippen molar-refractivity contribution in [2.24, 2.45) is 5.73 Å². The SMILES string of the molecule is CC(C)OC(=O)[C@H](CS)NC(=O)CC[C@@H](N)C(=O)O. The van der Waals surface area contributed by atoms with E-state index in [9.17, 15) is 14.4 Å². The number of carbonyl (C=O) groups excluding carboxylic acids is 2. The average Bonchev–Trinajstić information content (AvgIpc) is 2.31. The van der Waals surface area contributed by atoms with Gasteiger partial charge in [0.15, 0.2) is 0 Å². The smallest absolute Gasteiger partial charge is 0.329 e. The quantitative estimate of drug-likeness (QED) is 0.355. The molecule has 110 valence electrons. The highest BCUT2D eigenvalue weighted by Crippen LogP contribution is 2.00. The Hall–Kier alpha value is -1.28. The van der Waals surface area contributed by atoms with Gasteiger partial charge in [-0.1, -0.05) is 0 Å². The second-order valence-corrected chi connectivity index (χ2v) is 4.64. The van der Waals surface area contributed by atoms with Gasteiger partial charge in [-0.3, -0.25) is 9.59 Å². The van der Waals surface area contributed by atoms with Gasteiger partial charge in [0.05, 0.1) is 6.10 Å². The molecule has 4 N–H and O–H groups in total. The van der Waals surface area contributed by atoms with Crippen LogP contribution in [0.4, 0.5) is 0 Å². The molecule has 0 rings (SSSR count). The first-order chi connectivity index (χ1) is 8.77. The van der Waals surface area contributed by atoms with Gasteiger partial charge in [-0.25, -0.2) is 4.79 Å². The van der Waals surface area contributed by atoms with Crippen LogP contribution in [0.5, 0.6) is 0 Å². The molecule has 0 aliphatic heterocycles. The molecule has 0 radical (unpaired) electrons. The molecule has 0 aliphatic rings. The predicted molar refractivity (Wildman–Crippen MR) is 71.9 cm³/mol. The van der Waals surface area contributed by atoms with Crippen LogP contribution in [0.2, 0.25) is 0 Å². The van der Waals surface area contributed by atoms with E-state index in [1.165, 1.54) is 0 Å². The van der Waals surface area contributed by atoms with Gasteiger partial charge < -0.3 is 20.9 Å². The van der Waals surface area contributed by atoms with E-state index in [-0.39, 0.29) is 24.7 Å². The lowest BCUT2D eigenvalue weighted by molar-refractivity contribution is -0.150. The highest BCUT2D eigenvalue weighted by Gasteiger charge is 2.22. The van der Waals surface area contributed by atoms with Gasteiger partial charge in [0, 0.05) is 12.2 Å². The number of amides is 1. The summed E-state index contributed by atoms with van der Waals surface area (Å²) in [6, 6.07) is -1.94. The number of esters is 1. The molecule has 0 saturated heterocycles. The zero-order valence-electron chi connectivity index (χ0n) is 11.0. The van der Waals surface area contributed by atoms with Crippen LogP contribution in [0.1, 0.15) is 26.7 Å². The highest BCUT2D eigenvalue weighted by molar-refractivity contribution is 7.80. The molecule has 0 aromatic rings. The van der Waals surface area contributed by atoms with Crippen LogP contribution in [0.25, 0.3) is 0 Å². The number of nitrogens with one attached hydrogen (secondary N) is 1. The Bertz CT molecular complexity index is 335. The molecule has 0 fully saturated rings. The first-order valence-electron chi connectivity index (χ1n) is 5.87. The molecule has 0 spiro atoms. The molecule has 7 nitrogen and oxygen atoms in total. The minimum atomic E-state index is -1.17. The summed E-state index contributed by atoms with van der Waals surface area (Å²) in [4.78, 5) is 33.6. The Labute approximate surface area is 117 Å². The first kappa shape index (κ1) is 17.7. The van der Waals surface area contributed by atoms with Crippen molar-refractivity contribution in [1.82, 2.24) is 5.32 Å². The molecule has 0 saturated carbocycles. The summed E-state index contributed by atoms with van der Waals surface area (Å²) in [7, 11) is 0. The van der Waals surface area contributed by atoms with E-state index in [1.807, 2.05) is 0 Å². The number of ether oxygens (including phenoxy) is 1. The number of hydrogen-bond donors (Lipinski definition) is 4. The maximum atomic E-state index is 11.6. The summed E-state index contributed by atoms with van der Waals surface area (Å²) in [5.74, 6) is -2.10. The monoisotopic (exact) mass is 292 g/mol. The van der Waals surface area contributed by atoms with E-state index >= 15 is 0 Å². The van der Waals surface area contributed by atoms with Crippen molar-refractivity contribution in [3.63, 3.8) is 0 Å². The highest BCUT2D eigenvalue weighted by atomic mass is 32.1. The van der Waals surface area contributed by atoms with E-state index < -0.39 is 29.9 Å². The van der Waals surface area contributed by atoms with Crippen molar-refractivity contribution < 1.29 is 24.2 Å². The molecule has 0 bridgehead atoms. The molecule has 0 unspecified atom stereocenters. The number of hydrogen-bond acceptors (Lipinski definition) is 6. The molecule has 2 atom stereocenters. The Morgan fingerprint density at radius 3 is 2.37 bits per heavy atom. The molecule has 8 heteroatoms. The molecular weight excluding hydrogens is 272 g/mol. The minimum Gasteiger partial charge on any atom is -0.480 e. The number of rotatable bonds is 8. The summed E-state index contributed by atoms with van der Waals surface area (Å²) in [6.45, 7) is 3.39. The van der Waals surface area contributed by atoms with Crippen LogP contribution in [0.15, 0.2) is 0 Å². The van der Waals surface area contributed by atoms with Crippen molar-refractivity contribution >= 4 is 30.5 Å². The second-order valence-electron chi connectivity index (χ2n) is 4.27. The van der Waals surface area contributed by atoms with Gasteiger partial charge in [0.1, 0.15) is 12.1 Å². The third-order valence-electron chi connectivity index (χ3n) is 2.15. The fourth-order valence-corrected chi connectivity index (χ4v) is 1.41. The van der Waals surface area contributed by atoms with E-state index in [2.05, 4.69) is 17.9 Å². The van der Waals surface area contributed by atoms with Crippen molar-refractivity contribution in [1.29, 1.82) is 0 Å². The average molecular weight is 292 g/mol. The van der Waals surface area contributed by atoms with Crippen molar-refractivity contribution in [2.75, 3.05) is 5.75 Å². The molecule has 19 heavy (non-hydrogen) atoms. The molecular formula is C11H20N2O5S. The Balaban J connectivity index is 4.20. The number of carboxylic acids is 1. The second kappa shape index (κ2) is 8.76. The third kappa shape index (κ3) is 7.68. The predicted octanol–water partition coefficient (Wildman–Crippen LogP) is -0.455. The van der Waals surface area contributed by atoms with Gasteiger partial charge in [-0.2, -0.15) is 12.6 Å². The third-order valence-corrected chi connectivity index (χ3v) is 2.52. The van der Waals surface area contributed by atoms with Gasteiger partial charge in [0.25, 0.3) is 0 Å². The topological polar surface area (TPSA) is 119 Å². The summed E-state index contributed by atoms with van der Waals surface area (Å²) in [6.07, 6.45) is -0.362. The fourth-order valence-electron chi connectivity index (χ4n) is 1.17. The van der Waals surface area contributed by atoms with E-state index in [4.69, 9.17) is 15.6 Å². The van der Waals surface area contributed by atoms with Gasteiger partial charge >= 0.3 is 11.9 Å². The lowest BCUT2D eigenvalue weighted by Crippen LogP contribution is -2.44. The number of nitrogens with two attached hydrogens (primary N) is 1. The molecule has 0 aromatic heterocycles. The Kier molecular flexibility index (Phi) is 8.17. The normalized spacial score (nSPS) is 13.7. The standard InChI is InChI=1S/C11H20N2O5S/c1-6(2)18-11(17)8(5-19)13-9(14)4-3-7(12)10(15)16/h6-8,19H,3-5,12H2,1-2H3,(H,13,14)(H,15,16)/t7-,8+/m1/s1. The van der Waals surface area contributed by atoms with E-state index in [0.717, 1.165) is 0 Å². The maximum absolute atomic E-state index is 11.6. The van der Waals surface area contributed by atoms with Crippen molar-refractivity contribution in [2.45, 2.75) is 44.9 Å². The van der Waals surface area contributed by atoms with Crippen LogP contribution in [0.3, 0.4) is 0 Å². The van der Waals surface area contributed by atoms with Crippen molar-refractivity contribution in [3.8, 4) is 0 Å². The lowest BCUT2D eigenvalue weighted by atomic mass is 10.1. The van der Waals surface area contributed by atoms with Crippen molar-refractivity contribution in [3.05, 3.63) is 0 Å². The maximum Gasteiger partial charge on any atom is 0.329 e. The number of thiol groups is 1. The molecule has 0 aliphatic carbocycles. The lowest BCUT2D eigenvalue weighted by Gasteiger charge is -2.17. The van der Waals surface area contributed by atoms with E-state index in [0.29, 0.717) is 0 Å². The largest absolute Gasteiger partial charge is 0.480 e. The molecule has 1 amide bonds. The van der Waals surface area contributed by atoms with Crippen LogP contribution in [0, 0.1) is 0 Å². The summed E-state index contributed by atoms with van der Waals surface area (Å²) < 4.78 is 4.95. The van der Waals surface area contributed by atoms with Crippen LogP contribution < -0.4 is 11.1 Å². The first-order valence-corrected chi connectivity index (χ1v) is 6.50. The van der Waals surface area contributed by atoms with Crippen LogP contribution in [-0.4, -0.2) is 46.9 Å². The van der Waals surface area contributed by atoms with Crippen LogP contribution in [-0.2, 0) is 19.1 Å². The summed E-state index contributed by atoms with van der Waals surface area (Å²) >= 11 is 3.96. The number of carbonyl (C=O) groups is 3. The molecule has 0 aromatic carbocycles. The fraction of sp³-hybridized carbons (Fsp3) is 0.727. The number of aliphatic carboxylic acids is 1. The van der Waals surface area contributed by atoms with Gasteiger partial charge in [-0.15, -0.1) is 0 Å². The minimum absolute atomic E-state index is 0.000311. The number of carboxylic acid groups (broad SMARTS) is 1. The zero-order chi connectivity index (χ0) is 15.0. The summed E-state index contributed by atoms with van der Waals surface area (Å²) in [5.41, 5.74) is 5.27. The zero-order valence-corrected chi connectivity index (χ0v) is 11.9. The Morgan fingerprint density at radius 1 is 1.37 bits per heavy atom.